The fraction of sp³-hybridized carbons (Fsp3) is 0.308. The number of rotatable bonds is 13. The van der Waals surface area contributed by atoms with Gasteiger partial charge in [0, 0.05) is 34.3 Å². The number of pyridine rings is 1. The van der Waals surface area contributed by atoms with Gasteiger partial charge in [-0.1, -0.05) is 82.7 Å². The first kappa shape index (κ1) is 26.5. The molecule has 3 aromatic rings. The topological polar surface area (TPSA) is 70.0 Å². The van der Waals surface area contributed by atoms with Crippen LogP contribution in [-0.4, -0.2) is 36.9 Å². The second-order valence-corrected chi connectivity index (χ2v) is 10.5. The van der Waals surface area contributed by atoms with Crippen LogP contribution >= 0.6 is 23.5 Å². The van der Waals surface area contributed by atoms with Gasteiger partial charge in [0.05, 0.1) is 18.9 Å². The Kier molecular flexibility index (Phi) is 10.6. The maximum absolute atomic E-state index is 12.6. The highest BCUT2D eigenvalue weighted by atomic mass is 79.9. The Morgan fingerprint density at radius 3 is 2.09 bits per heavy atom. The lowest BCUT2D eigenvalue weighted by atomic mass is 10.0. The van der Waals surface area contributed by atoms with Gasteiger partial charge in [-0.3, -0.25) is 4.57 Å². The Balaban J connectivity index is 1.78. The minimum atomic E-state index is -3.22. The molecule has 0 aliphatic heterocycles. The molecule has 8 heteroatoms. The summed E-state index contributed by atoms with van der Waals surface area (Å²) in [4.78, 5) is 9.50. The van der Waals surface area contributed by atoms with Gasteiger partial charge in [0.25, 0.3) is 0 Å². The smallest absolute Gasteiger partial charge is 0.356 e. The van der Waals surface area contributed by atoms with E-state index in [0.717, 1.165) is 22.4 Å². The Morgan fingerprint density at radius 1 is 0.941 bits per heavy atom. The van der Waals surface area contributed by atoms with Gasteiger partial charge in [-0.25, -0.2) is 9.98 Å². The molecule has 2 aromatic carbocycles. The summed E-state index contributed by atoms with van der Waals surface area (Å²) in [5, 5.41) is 0. The highest BCUT2D eigenvalue weighted by Gasteiger charge is 2.24. The van der Waals surface area contributed by atoms with E-state index in [1.807, 2.05) is 72.8 Å². The van der Waals surface area contributed by atoms with Crippen molar-refractivity contribution < 1.29 is 18.3 Å². The maximum Gasteiger partial charge on any atom is 0.356 e. The van der Waals surface area contributed by atoms with E-state index in [1.165, 1.54) is 0 Å². The number of aromatic nitrogens is 1. The Labute approximate surface area is 210 Å². The molecule has 0 aliphatic carbocycles. The first-order valence-electron chi connectivity index (χ1n) is 11.3. The third-order valence-electron chi connectivity index (χ3n) is 4.88. The number of aliphatic imine (C=N–C) groups is 1. The molecule has 1 aromatic heterocycles. The standard InChI is InChI=1S/C26H30BrN2O4P/c1-3-32-34(30,33-4-2)20-31-19-17-24(27)23-16-11-18-28-26(23)29-25(21-12-7-5-8-13-21)22-14-9-6-10-15-22/h5-16,18,24H,3-4,17,19-20H2,1-2H3. The SMILES string of the molecule is CCOP(=O)(COCCC(Br)c1cccnc1N=C(c1ccccc1)c1ccccc1)OCC. The number of alkyl halides is 1. The van der Waals surface area contributed by atoms with Crippen LogP contribution in [0.5, 0.6) is 0 Å². The molecular weight excluding hydrogens is 515 g/mol. The van der Waals surface area contributed by atoms with Crippen molar-refractivity contribution in [1.82, 2.24) is 4.98 Å². The van der Waals surface area contributed by atoms with Gasteiger partial charge >= 0.3 is 7.60 Å². The normalized spacial score (nSPS) is 12.3. The number of benzene rings is 2. The van der Waals surface area contributed by atoms with E-state index >= 15 is 0 Å². The molecule has 0 aliphatic rings. The quantitative estimate of drug-likeness (QED) is 0.0975. The summed E-state index contributed by atoms with van der Waals surface area (Å²) in [6.07, 6.45) is 2.31. The van der Waals surface area contributed by atoms with Gasteiger partial charge in [-0.05, 0) is 26.3 Å². The fourth-order valence-electron chi connectivity index (χ4n) is 3.36. The van der Waals surface area contributed by atoms with Crippen LogP contribution in [0.25, 0.3) is 0 Å². The molecule has 0 spiro atoms. The summed E-state index contributed by atoms with van der Waals surface area (Å²) in [5.74, 6) is 0.640. The molecule has 1 unspecified atom stereocenters. The molecule has 0 fully saturated rings. The van der Waals surface area contributed by atoms with Crippen LogP contribution in [0.1, 0.15) is 41.8 Å². The monoisotopic (exact) mass is 544 g/mol. The first-order valence-corrected chi connectivity index (χ1v) is 13.9. The van der Waals surface area contributed by atoms with Crippen molar-refractivity contribution in [3.05, 3.63) is 95.7 Å². The lowest BCUT2D eigenvalue weighted by Crippen LogP contribution is -2.06. The van der Waals surface area contributed by atoms with Crippen LogP contribution in [0, 0.1) is 0 Å². The zero-order valence-electron chi connectivity index (χ0n) is 19.5. The second-order valence-electron chi connectivity index (χ2n) is 7.35. The summed E-state index contributed by atoms with van der Waals surface area (Å²) < 4.78 is 28.8. The highest BCUT2D eigenvalue weighted by molar-refractivity contribution is 9.09. The Morgan fingerprint density at radius 2 is 1.53 bits per heavy atom. The molecule has 0 saturated heterocycles. The third kappa shape index (κ3) is 7.69. The molecule has 0 radical (unpaired) electrons. The van der Waals surface area contributed by atoms with E-state index in [1.54, 1.807) is 20.0 Å². The van der Waals surface area contributed by atoms with Crippen molar-refractivity contribution in [2.45, 2.75) is 25.1 Å². The van der Waals surface area contributed by atoms with Gasteiger partial charge in [0.15, 0.2) is 5.82 Å². The summed E-state index contributed by atoms with van der Waals surface area (Å²) >= 11 is 3.76. The van der Waals surface area contributed by atoms with E-state index in [4.69, 9.17) is 18.8 Å². The number of hydrogen-bond acceptors (Lipinski definition) is 6. The number of hydrogen-bond donors (Lipinski definition) is 0. The molecule has 180 valence electrons. The minimum Gasteiger partial charge on any atom is -0.369 e. The second kappa shape index (κ2) is 13.7. The largest absolute Gasteiger partial charge is 0.369 e. The highest BCUT2D eigenvalue weighted by Crippen LogP contribution is 2.48. The third-order valence-corrected chi connectivity index (χ3v) is 7.64. The van der Waals surface area contributed by atoms with Gasteiger partial charge in [-0.2, -0.15) is 0 Å². The van der Waals surface area contributed by atoms with E-state index < -0.39 is 7.60 Å². The Hall–Kier alpha value is -2.15. The first-order chi connectivity index (χ1) is 16.6. The van der Waals surface area contributed by atoms with E-state index in [2.05, 4.69) is 20.9 Å². The number of halogens is 1. The van der Waals surface area contributed by atoms with Crippen LogP contribution in [0.4, 0.5) is 5.82 Å². The molecule has 34 heavy (non-hydrogen) atoms. The fourth-order valence-corrected chi connectivity index (χ4v) is 5.27. The van der Waals surface area contributed by atoms with Gasteiger partial charge < -0.3 is 13.8 Å². The van der Waals surface area contributed by atoms with Crippen molar-refractivity contribution in [1.29, 1.82) is 0 Å². The van der Waals surface area contributed by atoms with E-state index in [-0.39, 0.29) is 11.2 Å². The molecule has 0 saturated carbocycles. The predicted molar refractivity (Wildman–Crippen MR) is 140 cm³/mol. The molecule has 0 bridgehead atoms. The Bertz CT molecular complexity index is 1040. The summed E-state index contributed by atoms with van der Waals surface area (Å²) in [7, 11) is -3.22. The van der Waals surface area contributed by atoms with Crippen LogP contribution in [-0.2, 0) is 18.3 Å². The molecule has 1 heterocycles. The molecule has 3 rings (SSSR count). The average Bonchev–Trinajstić information content (AvgIpc) is 2.87. The van der Waals surface area contributed by atoms with Crippen LogP contribution in [0.2, 0.25) is 0 Å². The van der Waals surface area contributed by atoms with Crippen molar-refractivity contribution >= 4 is 35.1 Å². The van der Waals surface area contributed by atoms with E-state index in [9.17, 15) is 4.57 Å². The zero-order chi connectivity index (χ0) is 24.2. The van der Waals surface area contributed by atoms with Crippen LogP contribution < -0.4 is 0 Å². The van der Waals surface area contributed by atoms with E-state index in [0.29, 0.717) is 32.1 Å². The lowest BCUT2D eigenvalue weighted by molar-refractivity contribution is 0.130. The van der Waals surface area contributed by atoms with Crippen molar-refractivity contribution in [3.63, 3.8) is 0 Å². The summed E-state index contributed by atoms with van der Waals surface area (Å²) in [5.41, 5.74) is 3.84. The lowest BCUT2D eigenvalue weighted by Gasteiger charge is -2.18. The van der Waals surface area contributed by atoms with Gasteiger partial charge in [-0.15, -0.1) is 0 Å². The molecule has 0 amide bonds. The predicted octanol–water partition coefficient (Wildman–Crippen LogP) is 7.32. The molecule has 0 N–H and O–H groups in total. The maximum atomic E-state index is 12.6. The van der Waals surface area contributed by atoms with Crippen LogP contribution in [0.3, 0.4) is 0 Å². The van der Waals surface area contributed by atoms with Crippen molar-refractivity contribution in [3.8, 4) is 0 Å². The molecule has 6 nitrogen and oxygen atoms in total. The van der Waals surface area contributed by atoms with Crippen molar-refractivity contribution in [2.75, 3.05) is 26.2 Å². The summed E-state index contributed by atoms with van der Waals surface area (Å²) in [6.45, 7) is 4.56. The summed E-state index contributed by atoms with van der Waals surface area (Å²) in [6, 6.07) is 24.1. The van der Waals surface area contributed by atoms with Crippen LogP contribution in [0.15, 0.2) is 84.0 Å². The van der Waals surface area contributed by atoms with Crippen molar-refractivity contribution in [2.24, 2.45) is 4.99 Å². The average molecular weight is 545 g/mol. The molecule has 1 atom stereocenters. The van der Waals surface area contributed by atoms with Gasteiger partial charge in [0.1, 0.15) is 6.35 Å². The number of ether oxygens (including phenoxy) is 1. The van der Waals surface area contributed by atoms with Gasteiger partial charge in [0.2, 0.25) is 0 Å². The molecular formula is C26H30BrN2O4P. The minimum absolute atomic E-state index is 0.0497. The zero-order valence-corrected chi connectivity index (χ0v) is 22.0. The number of nitrogens with zero attached hydrogens (tertiary/aromatic N) is 2.